The molecule has 1 N–H and O–H groups in total. The van der Waals surface area contributed by atoms with Crippen LogP contribution in [0.15, 0.2) is 18.2 Å². The lowest BCUT2D eigenvalue weighted by Crippen LogP contribution is -2.47. The van der Waals surface area contributed by atoms with Crippen molar-refractivity contribution in [2.75, 3.05) is 0 Å². The molecule has 2 amide bonds. The summed E-state index contributed by atoms with van der Waals surface area (Å²) in [6.45, 7) is 2.00. The van der Waals surface area contributed by atoms with Crippen LogP contribution >= 0.6 is 11.6 Å². The lowest BCUT2D eigenvalue weighted by atomic mass is 9.72. The number of rotatable bonds is 2. The van der Waals surface area contributed by atoms with Gasteiger partial charge in [-0.2, -0.15) is 0 Å². The van der Waals surface area contributed by atoms with Gasteiger partial charge in [0.15, 0.2) is 0 Å². The number of amides is 2. The number of nitrogens with one attached hydrogen (secondary N) is 1. The van der Waals surface area contributed by atoms with E-state index in [1.165, 1.54) is 12.8 Å². The Morgan fingerprint density at radius 1 is 1.19 bits per heavy atom. The maximum Gasteiger partial charge on any atom is 0.230 e. The molecule has 3 nitrogen and oxygen atoms in total. The van der Waals surface area contributed by atoms with Crippen LogP contribution in [0.5, 0.6) is 0 Å². The van der Waals surface area contributed by atoms with E-state index in [-0.39, 0.29) is 23.7 Å². The van der Waals surface area contributed by atoms with Gasteiger partial charge in [-0.3, -0.25) is 14.9 Å². The summed E-state index contributed by atoms with van der Waals surface area (Å²) in [4.78, 5) is 24.2. The van der Waals surface area contributed by atoms with E-state index in [1.54, 1.807) is 0 Å². The summed E-state index contributed by atoms with van der Waals surface area (Å²) < 4.78 is 0. The molecule has 1 aliphatic carbocycles. The highest BCUT2D eigenvalue weighted by Crippen LogP contribution is 2.43. The highest BCUT2D eigenvalue weighted by Gasteiger charge is 2.42. The van der Waals surface area contributed by atoms with Crippen LogP contribution in [0.25, 0.3) is 0 Å². The van der Waals surface area contributed by atoms with Gasteiger partial charge in [0.05, 0.1) is 0 Å². The summed E-state index contributed by atoms with van der Waals surface area (Å²) in [5, 5.41) is 3.23. The van der Waals surface area contributed by atoms with Crippen LogP contribution < -0.4 is 5.32 Å². The van der Waals surface area contributed by atoms with Crippen molar-refractivity contribution < 1.29 is 9.59 Å². The zero-order valence-corrected chi connectivity index (χ0v) is 13.0. The van der Waals surface area contributed by atoms with Crippen molar-refractivity contribution in [1.29, 1.82) is 0 Å². The zero-order valence-electron chi connectivity index (χ0n) is 12.2. The molecule has 112 valence electrons. The van der Waals surface area contributed by atoms with Crippen molar-refractivity contribution in [2.45, 2.75) is 44.9 Å². The first kappa shape index (κ1) is 14.6. The van der Waals surface area contributed by atoms with E-state index in [4.69, 9.17) is 11.6 Å². The van der Waals surface area contributed by atoms with Gasteiger partial charge in [0, 0.05) is 23.3 Å². The summed E-state index contributed by atoms with van der Waals surface area (Å²) in [5.41, 5.74) is 2.16. The van der Waals surface area contributed by atoms with Gasteiger partial charge in [0.25, 0.3) is 0 Å². The molecular weight excluding hydrogens is 286 g/mol. The molecule has 2 aliphatic rings. The van der Waals surface area contributed by atoms with Crippen LogP contribution in [0.1, 0.15) is 49.1 Å². The Kier molecular flexibility index (Phi) is 4.03. The van der Waals surface area contributed by atoms with Gasteiger partial charge in [-0.25, -0.2) is 0 Å². The van der Waals surface area contributed by atoms with Gasteiger partial charge < -0.3 is 0 Å². The highest BCUT2D eigenvalue weighted by molar-refractivity contribution is 6.30. The van der Waals surface area contributed by atoms with E-state index in [0.29, 0.717) is 17.4 Å². The van der Waals surface area contributed by atoms with Crippen LogP contribution in [-0.2, 0) is 9.59 Å². The van der Waals surface area contributed by atoms with Crippen LogP contribution in [0.2, 0.25) is 5.02 Å². The normalized spacial score (nSPS) is 27.0. The summed E-state index contributed by atoms with van der Waals surface area (Å²) in [7, 11) is 0. The average molecular weight is 306 g/mol. The Hall–Kier alpha value is -1.35. The number of aryl methyl sites for hydroxylation is 1. The van der Waals surface area contributed by atoms with Crippen molar-refractivity contribution >= 4 is 23.4 Å². The quantitative estimate of drug-likeness (QED) is 0.849. The highest BCUT2D eigenvalue weighted by atomic mass is 35.5. The molecule has 21 heavy (non-hydrogen) atoms. The smallest absolute Gasteiger partial charge is 0.230 e. The van der Waals surface area contributed by atoms with Gasteiger partial charge in [0.1, 0.15) is 0 Å². The topological polar surface area (TPSA) is 46.2 Å². The van der Waals surface area contributed by atoms with Gasteiger partial charge in [-0.15, -0.1) is 0 Å². The average Bonchev–Trinajstić information content (AvgIpc) is 2.91. The SMILES string of the molecule is Cc1cc(Cl)ccc1C1CC(=O)NC(=O)C1C1CCCC1. The zero-order chi connectivity index (χ0) is 15.0. The molecule has 0 radical (unpaired) electrons. The Balaban J connectivity index is 1.98. The number of imide groups is 1. The summed E-state index contributed by atoms with van der Waals surface area (Å²) >= 11 is 6.03. The van der Waals surface area contributed by atoms with Gasteiger partial charge in [-0.05, 0) is 48.9 Å². The molecular formula is C17H20ClNO2. The lowest BCUT2D eigenvalue weighted by Gasteiger charge is -2.35. The molecule has 2 atom stereocenters. The summed E-state index contributed by atoms with van der Waals surface area (Å²) in [5.74, 6) is 0.0703. The van der Waals surface area contributed by atoms with Crippen molar-refractivity contribution in [3.05, 3.63) is 34.3 Å². The number of hydrogen-bond donors (Lipinski definition) is 1. The fourth-order valence-electron chi connectivity index (χ4n) is 4.00. The van der Waals surface area contributed by atoms with Crippen molar-refractivity contribution in [2.24, 2.45) is 11.8 Å². The standard InChI is InChI=1S/C17H20ClNO2/c1-10-8-12(18)6-7-13(10)14-9-15(20)19-17(21)16(14)11-4-2-3-5-11/h6-8,11,14,16H,2-5,9H2,1H3,(H,19,20,21). The maximum absolute atomic E-state index is 12.4. The predicted octanol–water partition coefficient (Wildman–Crippen LogP) is 3.58. The molecule has 1 saturated heterocycles. The third-order valence-electron chi connectivity index (χ3n) is 4.94. The minimum Gasteiger partial charge on any atom is -0.296 e. The number of piperidine rings is 1. The van der Waals surface area contributed by atoms with E-state index in [0.717, 1.165) is 24.0 Å². The van der Waals surface area contributed by atoms with Crippen LogP contribution in [0.4, 0.5) is 0 Å². The Morgan fingerprint density at radius 3 is 2.57 bits per heavy atom. The molecule has 1 heterocycles. The molecule has 0 spiro atoms. The molecule has 0 aromatic heterocycles. The number of carbonyl (C=O) groups is 2. The van der Waals surface area contributed by atoms with Crippen LogP contribution in [0, 0.1) is 18.8 Å². The predicted molar refractivity (Wildman–Crippen MR) is 82.1 cm³/mol. The Labute approximate surface area is 130 Å². The second-order valence-corrected chi connectivity index (χ2v) is 6.73. The fraction of sp³-hybridized carbons (Fsp3) is 0.529. The summed E-state index contributed by atoms with van der Waals surface area (Å²) in [6.07, 6.45) is 4.96. The minimum absolute atomic E-state index is 0.00776. The van der Waals surface area contributed by atoms with E-state index >= 15 is 0 Å². The monoisotopic (exact) mass is 305 g/mol. The van der Waals surface area contributed by atoms with Gasteiger partial charge in [0.2, 0.25) is 11.8 Å². The third kappa shape index (κ3) is 2.84. The molecule has 1 aliphatic heterocycles. The Bertz CT molecular complexity index is 578. The first-order valence-corrected chi connectivity index (χ1v) is 8.04. The molecule has 1 aromatic rings. The number of benzene rings is 1. The van der Waals surface area contributed by atoms with Crippen molar-refractivity contribution in [1.82, 2.24) is 5.32 Å². The van der Waals surface area contributed by atoms with E-state index in [1.807, 2.05) is 25.1 Å². The van der Waals surface area contributed by atoms with E-state index in [2.05, 4.69) is 5.32 Å². The van der Waals surface area contributed by atoms with E-state index < -0.39 is 0 Å². The largest absolute Gasteiger partial charge is 0.296 e. The number of hydrogen-bond acceptors (Lipinski definition) is 2. The summed E-state index contributed by atoms with van der Waals surface area (Å²) in [6, 6.07) is 5.75. The van der Waals surface area contributed by atoms with Crippen LogP contribution in [0.3, 0.4) is 0 Å². The van der Waals surface area contributed by atoms with E-state index in [9.17, 15) is 9.59 Å². The number of halogens is 1. The Morgan fingerprint density at radius 2 is 1.90 bits per heavy atom. The lowest BCUT2D eigenvalue weighted by molar-refractivity contribution is -0.138. The fourth-order valence-corrected chi connectivity index (χ4v) is 4.23. The van der Waals surface area contributed by atoms with Gasteiger partial charge in [-0.1, -0.05) is 30.5 Å². The molecule has 1 saturated carbocycles. The van der Waals surface area contributed by atoms with Gasteiger partial charge >= 0.3 is 0 Å². The molecule has 1 aromatic carbocycles. The third-order valence-corrected chi connectivity index (χ3v) is 5.18. The second-order valence-electron chi connectivity index (χ2n) is 6.29. The van der Waals surface area contributed by atoms with Crippen molar-refractivity contribution in [3.8, 4) is 0 Å². The number of carbonyl (C=O) groups excluding carboxylic acids is 2. The second kappa shape index (κ2) is 5.80. The van der Waals surface area contributed by atoms with Crippen molar-refractivity contribution in [3.63, 3.8) is 0 Å². The molecule has 4 heteroatoms. The molecule has 2 unspecified atom stereocenters. The molecule has 0 bridgehead atoms. The van der Waals surface area contributed by atoms with Crippen LogP contribution in [-0.4, -0.2) is 11.8 Å². The maximum atomic E-state index is 12.4. The molecule has 3 rings (SSSR count). The first-order chi connectivity index (χ1) is 10.1. The first-order valence-electron chi connectivity index (χ1n) is 7.66. The molecule has 2 fully saturated rings. The minimum atomic E-state index is -0.159.